The van der Waals surface area contributed by atoms with Crippen LogP contribution in [0.3, 0.4) is 0 Å². The Morgan fingerprint density at radius 2 is 1.57 bits per heavy atom. The van der Waals surface area contributed by atoms with Crippen LogP contribution in [0, 0.1) is 0 Å². The molecule has 1 unspecified atom stereocenters. The van der Waals surface area contributed by atoms with Crippen molar-refractivity contribution in [3.8, 4) is 17.2 Å². The van der Waals surface area contributed by atoms with Crippen molar-refractivity contribution in [2.24, 2.45) is 5.73 Å². The van der Waals surface area contributed by atoms with E-state index in [-0.39, 0.29) is 13.0 Å². The zero-order valence-corrected chi connectivity index (χ0v) is 11.4. The molecule has 0 saturated carbocycles. The van der Waals surface area contributed by atoms with Crippen molar-refractivity contribution in [3.05, 3.63) is 54.6 Å². The molecule has 5 heteroatoms. The van der Waals surface area contributed by atoms with E-state index in [0.29, 0.717) is 11.5 Å². The highest BCUT2D eigenvalue weighted by Crippen LogP contribution is 2.23. The first-order chi connectivity index (χ1) is 10.1. The highest BCUT2D eigenvalue weighted by Gasteiger charge is 2.10. The Morgan fingerprint density at radius 3 is 2.19 bits per heavy atom. The second-order valence-corrected chi connectivity index (χ2v) is 4.47. The lowest BCUT2D eigenvalue weighted by Crippen LogP contribution is -2.31. The normalized spacial score (nSPS) is 11.7. The van der Waals surface area contributed by atoms with Gasteiger partial charge in [-0.1, -0.05) is 18.2 Å². The predicted molar refractivity (Wildman–Crippen MR) is 78.7 cm³/mol. The van der Waals surface area contributed by atoms with Crippen LogP contribution >= 0.6 is 0 Å². The van der Waals surface area contributed by atoms with Gasteiger partial charge in [-0.15, -0.1) is 0 Å². The molecule has 0 aliphatic carbocycles. The van der Waals surface area contributed by atoms with E-state index in [1.807, 2.05) is 30.3 Å². The minimum Gasteiger partial charge on any atom is -0.494 e. The second kappa shape index (κ2) is 7.31. The zero-order chi connectivity index (χ0) is 15.1. The standard InChI is InChI=1S/C16H17NO4/c17-15(16(18)19)10-11-20-12-6-8-14(9-7-12)21-13-4-2-1-3-5-13/h1-9,15H,10-11,17H2,(H,18,19). The molecule has 0 spiro atoms. The lowest BCUT2D eigenvalue weighted by atomic mass is 10.2. The number of hydrogen-bond donors (Lipinski definition) is 2. The van der Waals surface area contributed by atoms with Gasteiger partial charge in [0.25, 0.3) is 0 Å². The summed E-state index contributed by atoms with van der Waals surface area (Å²) in [4.78, 5) is 10.6. The maximum Gasteiger partial charge on any atom is 0.320 e. The van der Waals surface area contributed by atoms with Crippen molar-refractivity contribution in [1.29, 1.82) is 0 Å². The Kier molecular flexibility index (Phi) is 5.17. The fourth-order valence-corrected chi connectivity index (χ4v) is 1.66. The molecule has 0 bridgehead atoms. The van der Waals surface area contributed by atoms with Crippen LogP contribution < -0.4 is 15.2 Å². The van der Waals surface area contributed by atoms with Gasteiger partial charge in [-0.3, -0.25) is 4.79 Å². The molecule has 21 heavy (non-hydrogen) atoms. The molecule has 110 valence electrons. The quantitative estimate of drug-likeness (QED) is 0.818. The van der Waals surface area contributed by atoms with Crippen LogP contribution in [0.1, 0.15) is 6.42 Å². The van der Waals surface area contributed by atoms with Crippen LogP contribution in [-0.2, 0) is 4.79 Å². The molecule has 2 aromatic rings. The largest absolute Gasteiger partial charge is 0.494 e. The van der Waals surface area contributed by atoms with Gasteiger partial charge in [0, 0.05) is 6.42 Å². The topological polar surface area (TPSA) is 81.8 Å². The van der Waals surface area contributed by atoms with Crippen molar-refractivity contribution >= 4 is 5.97 Å². The Labute approximate surface area is 122 Å². The summed E-state index contributed by atoms with van der Waals surface area (Å²) in [6, 6.07) is 15.7. The molecule has 1 atom stereocenters. The number of rotatable bonds is 7. The summed E-state index contributed by atoms with van der Waals surface area (Å²) in [6.45, 7) is 0.256. The maximum absolute atomic E-state index is 10.6. The lowest BCUT2D eigenvalue weighted by Gasteiger charge is -2.10. The SMILES string of the molecule is NC(CCOc1ccc(Oc2ccccc2)cc1)C(=O)O. The van der Waals surface area contributed by atoms with Crippen molar-refractivity contribution in [2.45, 2.75) is 12.5 Å². The smallest absolute Gasteiger partial charge is 0.320 e. The van der Waals surface area contributed by atoms with Gasteiger partial charge in [-0.05, 0) is 36.4 Å². The predicted octanol–water partition coefficient (Wildman–Crippen LogP) is 2.66. The van der Waals surface area contributed by atoms with Gasteiger partial charge in [0.15, 0.2) is 0 Å². The summed E-state index contributed by atoms with van der Waals surface area (Å²) in [5.74, 6) is 1.09. The van der Waals surface area contributed by atoms with E-state index in [1.54, 1.807) is 24.3 Å². The summed E-state index contributed by atoms with van der Waals surface area (Å²) >= 11 is 0. The van der Waals surface area contributed by atoms with Crippen LogP contribution in [0.2, 0.25) is 0 Å². The van der Waals surface area contributed by atoms with E-state index in [2.05, 4.69) is 0 Å². The lowest BCUT2D eigenvalue weighted by molar-refractivity contribution is -0.138. The third-order valence-electron chi connectivity index (χ3n) is 2.82. The highest BCUT2D eigenvalue weighted by molar-refractivity contribution is 5.72. The highest BCUT2D eigenvalue weighted by atomic mass is 16.5. The number of nitrogens with two attached hydrogens (primary N) is 1. The van der Waals surface area contributed by atoms with Gasteiger partial charge < -0.3 is 20.3 Å². The van der Waals surface area contributed by atoms with E-state index in [9.17, 15) is 4.79 Å². The molecule has 0 amide bonds. The average molecular weight is 287 g/mol. The Balaban J connectivity index is 1.83. The van der Waals surface area contributed by atoms with Crippen molar-refractivity contribution in [3.63, 3.8) is 0 Å². The van der Waals surface area contributed by atoms with Gasteiger partial charge in [0.1, 0.15) is 23.3 Å². The molecule has 0 saturated heterocycles. The molecule has 0 fully saturated rings. The van der Waals surface area contributed by atoms with Gasteiger partial charge in [-0.25, -0.2) is 0 Å². The van der Waals surface area contributed by atoms with E-state index in [1.165, 1.54) is 0 Å². The molecule has 0 aliphatic heterocycles. The minimum atomic E-state index is -1.02. The van der Waals surface area contributed by atoms with Crippen LogP contribution in [0.25, 0.3) is 0 Å². The number of benzene rings is 2. The van der Waals surface area contributed by atoms with Crippen LogP contribution in [-0.4, -0.2) is 23.7 Å². The summed E-state index contributed by atoms with van der Waals surface area (Å²) in [5, 5.41) is 8.66. The molecule has 0 heterocycles. The third kappa shape index (κ3) is 4.81. The summed E-state index contributed by atoms with van der Waals surface area (Å²) in [5.41, 5.74) is 5.39. The summed E-state index contributed by atoms with van der Waals surface area (Å²) in [7, 11) is 0. The monoisotopic (exact) mass is 287 g/mol. The molecule has 2 aromatic carbocycles. The van der Waals surface area contributed by atoms with Crippen LogP contribution in [0.5, 0.6) is 17.2 Å². The van der Waals surface area contributed by atoms with Crippen LogP contribution in [0.15, 0.2) is 54.6 Å². The molecule has 5 nitrogen and oxygen atoms in total. The number of carboxylic acid groups (broad SMARTS) is 1. The van der Waals surface area contributed by atoms with Gasteiger partial charge in [-0.2, -0.15) is 0 Å². The molecule has 2 rings (SSSR count). The molecule has 0 aromatic heterocycles. The van der Waals surface area contributed by atoms with Crippen molar-refractivity contribution in [1.82, 2.24) is 0 Å². The number of para-hydroxylation sites is 1. The first-order valence-corrected chi connectivity index (χ1v) is 6.59. The van der Waals surface area contributed by atoms with E-state index >= 15 is 0 Å². The number of aliphatic carboxylic acids is 1. The number of carboxylic acids is 1. The fourth-order valence-electron chi connectivity index (χ4n) is 1.66. The van der Waals surface area contributed by atoms with Gasteiger partial charge in [0.2, 0.25) is 0 Å². The average Bonchev–Trinajstić information content (AvgIpc) is 2.50. The number of ether oxygens (including phenoxy) is 2. The van der Waals surface area contributed by atoms with E-state index in [4.69, 9.17) is 20.3 Å². The fraction of sp³-hybridized carbons (Fsp3) is 0.188. The van der Waals surface area contributed by atoms with Crippen molar-refractivity contribution in [2.75, 3.05) is 6.61 Å². The molecular weight excluding hydrogens is 270 g/mol. The molecular formula is C16H17NO4. The molecule has 3 N–H and O–H groups in total. The summed E-state index contributed by atoms with van der Waals surface area (Å²) < 4.78 is 11.1. The first-order valence-electron chi connectivity index (χ1n) is 6.59. The van der Waals surface area contributed by atoms with Gasteiger partial charge >= 0.3 is 5.97 Å². The van der Waals surface area contributed by atoms with E-state index in [0.717, 1.165) is 5.75 Å². The number of carbonyl (C=O) groups is 1. The maximum atomic E-state index is 10.6. The minimum absolute atomic E-state index is 0.256. The Hall–Kier alpha value is -2.53. The second-order valence-electron chi connectivity index (χ2n) is 4.47. The molecule has 0 aliphatic rings. The Morgan fingerprint density at radius 1 is 1.00 bits per heavy atom. The van der Waals surface area contributed by atoms with Crippen LogP contribution in [0.4, 0.5) is 0 Å². The zero-order valence-electron chi connectivity index (χ0n) is 11.4. The van der Waals surface area contributed by atoms with Crippen molar-refractivity contribution < 1.29 is 19.4 Å². The summed E-state index contributed by atoms with van der Waals surface area (Å²) in [6.07, 6.45) is 0.262. The van der Waals surface area contributed by atoms with E-state index < -0.39 is 12.0 Å². The third-order valence-corrected chi connectivity index (χ3v) is 2.82. The first kappa shape index (κ1) is 14.9. The number of hydrogen-bond acceptors (Lipinski definition) is 4. The van der Waals surface area contributed by atoms with Gasteiger partial charge in [0.05, 0.1) is 6.61 Å². The Bertz CT molecular complexity index is 569. The molecule has 0 radical (unpaired) electrons.